The smallest absolute Gasteiger partial charge is 0.319 e. The number of rotatable bonds is 4. The van der Waals surface area contributed by atoms with Crippen molar-refractivity contribution in [3.05, 3.63) is 22.4 Å². The Labute approximate surface area is 154 Å². The lowest BCUT2D eigenvalue weighted by Crippen LogP contribution is -2.57. The first-order valence-electron chi connectivity index (χ1n) is 8.46. The van der Waals surface area contributed by atoms with Gasteiger partial charge < -0.3 is 25.7 Å². The summed E-state index contributed by atoms with van der Waals surface area (Å²) in [7, 11) is 1.74. The molecule has 3 amide bonds. The van der Waals surface area contributed by atoms with Crippen LogP contribution in [0.15, 0.2) is 16.7 Å². The summed E-state index contributed by atoms with van der Waals surface area (Å²) in [6.07, 6.45) is 1.30. The Bertz CT molecular complexity index is 735. The van der Waals surface area contributed by atoms with Crippen molar-refractivity contribution in [3.63, 3.8) is 0 Å². The van der Waals surface area contributed by atoms with E-state index in [2.05, 4.69) is 26.6 Å². The monoisotopic (exact) mass is 411 g/mol. The van der Waals surface area contributed by atoms with Gasteiger partial charge in [-0.3, -0.25) is 9.69 Å². The number of ether oxygens (including phenoxy) is 1. The van der Waals surface area contributed by atoms with Gasteiger partial charge >= 0.3 is 6.03 Å². The van der Waals surface area contributed by atoms with Crippen molar-refractivity contribution in [2.24, 2.45) is 5.73 Å². The topological polar surface area (TPSA) is 102 Å². The Morgan fingerprint density at radius 1 is 1.44 bits per heavy atom. The Balaban J connectivity index is 1.70. The van der Waals surface area contributed by atoms with Crippen LogP contribution >= 0.6 is 15.9 Å². The molecule has 0 radical (unpaired) electrons. The maximum absolute atomic E-state index is 12.5. The fraction of sp³-hybridized carbons (Fsp3) is 0.625. The third kappa shape index (κ3) is 2.32. The first-order valence-corrected chi connectivity index (χ1v) is 9.26. The number of likely N-dealkylation sites (N-methyl/N-ethyl adjacent to an activating group) is 1. The van der Waals surface area contributed by atoms with Gasteiger partial charge in [0.05, 0.1) is 23.3 Å². The number of urea groups is 1. The lowest BCUT2D eigenvalue weighted by Gasteiger charge is -2.35. The van der Waals surface area contributed by atoms with Gasteiger partial charge in [0.25, 0.3) is 5.91 Å². The van der Waals surface area contributed by atoms with Gasteiger partial charge in [0.15, 0.2) is 5.72 Å². The van der Waals surface area contributed by atoms with E-state index in [1.807, 2.05) is 17.6 Å². The van der Waals surface area contributed by atoms with E-state index in [-0.39, 0.29) is 36.1 Å². The minimum absolute atomic E-state index is 0.000394. The molecular weight excluding hydrogens is 390 g/mol. The normalized spacial score (nSPS) is 34.2. The van der Waals surface area contributed by atoms with Crippen LogP contribution in [0, 0.1) is 0 Å². The molecule has 1 aliphatic carbocycles. The van der Waals surface area contributed by atoms with Crippen LogP contribution in [0.2, 0.25) is 0 Å². The summed E-state index contributed by atoms with van der Waals surface area (Å²) in [5.74, 6) is -0.137. The van der Waals surface area contributed by atoms with Crippen molar-refractivity contribution in [2.45, 2.75) is 49.7 Å². The number of hydrogen-bond donors (Lipinski definition) is 3. The molecule has 2 aliphatic heterocycles. The highest BCUT2D eigenvalue weighted by Crippen LogP contribution is 2.48. The van der Waals surface area contributed by atoms with Crippen LogP contribution in [0.25, 0.3) is 0 Å². The molecule has 2 fully saturated rings. The standard InChI is InChI=1S/C16H22BrN5O3/c1-8(18)5-6-25-16-7-10-12(13(16)20-15(24)21(16)2)19-14(23)9-3-4-11(17)22(9)10/h3-4,8,10,12-13H,5-7,18H2,1-2H3,(H,19,23)(H,20,24)/t8?,10-,12-,13+,16+/m1/s1. The van der Waals surface area contributed by atoms with Crippen LogP contribution in [0.4, 0.5) is 4.79 Å². The van der Waals surface area contributed by atoms with Gasteiger partial charge in [0.2, 0.25) is 0 Å². The number of amides is 3. The summed E-state index contributed by atoms with van der Waals surface area (Å²) in [6, 6.07) is 2.98. The fourth-order valence-corrected chi connectivity index (χ4v) is 4.86. The van der Waals surface area contributed by atoms with Crippen LogP contribution in [0.3, 0.4) is 0 Å². The van der Waals surface area contributed by atoms with E-state index in [4.69, 9.17) is 10.5 Å². The average Bonchev–Trinajstić information content (AvgIpc) is 3.14. The highest BCUT2D eigenvalue weighted by molar-refractivity contribution is 9.10. The summed E-state index contributed by atoms with van der Waals surface area (Å²) < 4.78 is 9.10. The van der Waals surface area contributed by atoms with Gasteiger partial charge in [-0.25, -0.2) is 4.79 Å². The lowest BCUT2D eigenvalue weighted by atomic mass is 10.0. The third-order valence-corrected chi connectivity index (χ3v) is 6.21. The molecule has 4 N–H and O–H groups in total. The van der Waals surface area contributed by atoms with Crippen LogP contribution < -0.4 is 16.4 Å². The molecule has 25 heavy (non-hydrogen) atoms. The van der Waals surface area contributed by atoms with Crippen molar-refractivity contribution in [2.75, 3.05) is 13.7 Å². The summed E-state index contributed by atoms with van der Waals surface area (Å²) in [6.45, 7) is 2.39. The molecular formula is C16H22BrN5O3. The number of nitrogens with two attached hydrogens (primary N) is 1. The molecule has 136 valence electrons. The zero-order chi connectivity index (χ0) is 17.9. The second-order valence-corrected chi connectivity index (χ2v) is 7.94. The van der Waals surface area contributed by atoms with E-state index in [9.17, 15) is 9.59 Å². The predicted molar refractivity (Wildman–Crippen MR) is 94.1 cm³/mol. The SMILES string of the molecule is CC(N)CCO[C@@]12C[C@@H]3[C@@H](NC(=O)c4ccc(Br)n43)[C@@H]1NC(=O)N2C. The molecule has 4 rings (SSSR count). The molecule has 8 nitrogen and oxygen atoms in total. The first-order chi connectivity index (χ1) is 11.8. The summed E-state index contributed by atoms with van der Waals surface area (Å²) in [5.41, 5.74) is 5.66. The predicted octanol–water partition coefficient (Wildman–Crippen LogP) is 0.781. The summed E-state index contributed by atoms with van der Waals surface area (Å²) >= 11 is 3.54. The summed E-state index contributed by atoms with van der Waals surface area (Å²) in [5, 5.41) is 6.05. The van der Waals surface area contributed by atoms with Crippen LogP contribution in [-0.4, -0.2) is 58.9 Å². The quantitative estimate of drug-likeness (QED) is 0.681. The van der Waals surface area contributed by atoms with Crippen LogP contribution in [0.5, 0.6) is 0 Å². The zero-order valence-electron chi connectivity index (χ0n) is 14.2. The van der Waals surface area contributed by atoms with E-state index < -0.39 is 5.72 Å². The third-order valence-electron chi connectivity index (χ3n) is 5.57. The Kier molecular flexibility index (Phi) is 3.86. The second-order valence-electron chi connectivity index (χ2n) is 7.13. The number of halogens is 1. The lowest BCUT2D eigenvalue weighted by molar-refractivity contribution is -0.119. The van der Waals surface area contributed by atoms with Gasteiger partial charge in [0, 0.05) is 19.5 Å². The maximum atomic E-state index is 12.5. The molecule has 1 aromatic heterocycles. The highest BCUT2D eigenvalue weighted by atomic mass is 79.9. The molecule has 1 aromatic rings. The Morgan fingerprint density at radius 2 is 2.20 bits per heavy atom. The van der Waals surface area contributed by atoms with Crippen molar-refractivity contribution in [1.82, 2.24) is 20.1 Å². The average molecular weight is 412 g/mol. The fourth-order valence-electron chi connectivity index (χ4n) is 4.28. The molecule has 0 bridgehead atoms. The Hall–Kier alpha value is -1.58. The number of aromatic nitrogens is 1. The van der Waals surface area contributed by atoms with E-state index in [0.717, 1.165) is 4.60 Å². The molecule has 5 atom stereocenters. The first kappa shape index (κ1) is 16.9. The summed E-state index contributed by atoms with van der Waals surface area (Å²) in [4.78, 5) is 26.4. The van der Waals surface area contributed by atoms with E-state index in [0.29, 0.717) is 25.1 Å². The molecule has 1 saturated heterocycles. The van der Waals surface area contributed by atoms with Gasteiger partial charge in [-0.15, -0.1) is 0 Å². The molecule has 3 aliphatic rings. The number of hydrogen-bond acceptors (Lipinski definition) is 4. The molecule has 1 unspecified atom stereocenters. The molecule has 0 aromatic carbocycles. The van der Waals surface area contributed by atoms with Crippen molar-refractivity contribution >= 4 is 27.9 Å². The number of carbonyl (C=O) groups excluding carboxylic acids is 2. The van der Waals surface area contributed by atoms with Gasteiger partial charge in [0.1, 0.15) is 11.7 Å². The number of nitrogens with one attached hydrogen (secondary N) is 2. The second kappa shape index (κ2) is 5.72. The number of carbonyl (C=O) groups is 2. The highest BCUT2D eigenvalue weighted by Gasteiger charge is 2.65. The van der Waals surface area contributed by atoms with E-state index in [1.165, 1.54) is 0 Å². The van der Waals surface area contributed by atoms with Crippen molar-refractivity contribution in [3.8, 4) is 0 Å². The van der Waals surface area contributed by atoms with Gasteiger partial charge in [-0.05, 0) is 41.4 Å². The number of fused-ring (bicyclic) bond motifs is 5. The van der Waals surface area contributed by atoms with Gasteiger partial charge in [-0.2, -0.15) is 0 Å². The van der Waals surface area contributed by atoms with Crippen molar-refractivity contribution < 1.29 is 14.3 Å². The maximum Gasteiger partial charge on any atom is 0.319 e. The molecule has 1 saturated carbocycles. The Morgan fingerprint density at radius 3 is 2.92 bits per heavy atom. The number of nitrogens with zero attached hydrogens (tertiary/aromatic N) is 2. The van der Waals surface area contributed by atoms with E-state index in [1.54, 1.807) is 18.0 Å². The van der Waals surface area contributed by atoms with Crippen LogP contribution in [-0.2, 0) is 4.74 Å². The molecule has 9 heteroatoms. The van der Waals surface area contributed by atoms with E-state index >= 15 is 0 Å². The van der Waals surface area contributed by atoms with Gasteiger partial charge in [-0.1, -0.05) is 0 Å². The molecule has 3 heterocycles. The van der Waals surface area contributed by atoms with Crippen LogP contribution in [0.1, 0.15) is 36.3 Å². The van der Waals surface area contributed by atoms with Crippen molar-refractivity contribution in [1.29, 1.82) is 0 Å². The minimum Gasteiger partial charge on any atom is -0.353 e. The zero-order valence-corrected chi connectivity index (χ0v) is 15.7. The minimum atomic E-state index is -0.792. The largest absolute Gasteiger partial charge is 0.353 e. The molecule has 0 spiro atoms.